The van der Waals surface area contributed by atoms with Gasteiger partial charge in [-0.05, 0) is 60.7 Å². The maximum Gasteiger partial charge on any atom is 0.411 e. The number of H-pyrrole nitrogens is 1. The Morgan fingerprint density at radius 1 is 0.918 bits per heavy atom. The molecular weight excluding hydrogens is 616 g/mol. The second-order valence-electron chi connectivity index (χ2n) is 14.1. The molecule has 1 aliphatic heterocycles. The number of hydrogen-bond acceptors (Lipinski definition) is 6. The highest BCUT2D eigenvalue weighted by Gasteiger charge is 2.28. The number of phenols is 1. The minimum atomic E-state index is -0.738. The van der Waals surface area contributed by atoms with Crippen LogP contribution in [0.4, 0.5) is 10.5 Å². The fraction of sp³-hybridized carbons (Fsp3) is 0.450. The van der Waals surface area contributed by atoms with E-state index in [1.807, 2.05) is 18.2 Å². The lowest BCUT2D eigenvalue weighted by Crippen LogP contribution is -2.48. The number of piperidine rings is 1. The first kappa shape index (κ1) is 36.1. The van der Waals surface area contributed by atoms with Gasteiger partial charge in [-0.1, -0.05) is 80.6 Å². The van der Waals surface area contributed by atoms with Crippen molar-refractivity contribution in [3.8, 4) is 16.9 Å². The van der Waals surface area contributed by atoms with Crippen LogP contribution in [0.25, 0.3) is 22.0 Å². The van der Waals surface area contributed by atoms with Gasteiger partial charge in [0.1, 0.15) is 11.9 Å². The number of carbonyl (C=O) groups is 1. The minimum Gasteiger partial charge on any atom is -0.506 e. The number of likely N-dealkylation sites (tertiary alicyclic amines) is 1. The number of nitrogens with one attached hydrogen (secondary N) is 3. The zero-order valence-electron chi connectivity index (χ0n) is 29.0. The number of anilines is 1. The van der Waals surface area contributed by atoms with Crippen LogP contribution in [0.3, 0.4) is 0 Å². The predicted octanol–water partition coefficient (Wildman–Crippen LogP) is 7.28. The number of unbranched alkanes of at least 4 members (excludes halogenated alkanes) is 6. The molecule has 4 aromatic rings. The van der Waals surface area contributed by atoms with E-state index >= 15 is 0 Å². The molecule has 0 spiro atoms. The topological polar surface area (TPSA) is 124 Å². The Hall–Kier alpha value is -4.18. The number of rotatable bonds is 16. The molecule has 3 aromatic carbocycles. The molecule has 1 atom stereocenters. The zero-order chi connectivity index (χ0) is 34.6. The highest BCUT2D eigenvalue weighted by atomic mass is 16.6. The third kappa shape index (κ3) is 10.7. The van der Waals surface area contributed by atoms with Gasteiger partial charge < -0.3 is 29.7 Å². The van der Waals surface area contributed by atoms with Crippen LogP contribution < -0.4 is 16.2 Å². The fourth-order valence-corrected chi connectivity index (χ4v) is 6.73. The molecule has 5 N–H and O–H groups in total. The van der Waals surface area contributed by atoms with Gasteiger partial charge in [0, 0.05) is 36.4 Å². The summed E-state index contributed by atoms with van der Waals surface area (Å²) in [7, 11) is 4.44. The number of ether oxygens (including phenoxy) is 1. The molecule has 5 rings (SSSR count). The molecule has 1 aromatic heterocycles. The lowest BCUT2D eigenvalue weighted by atomic mass is 9.98. The Bertz CT molecular complexity index is 1710. The lowest BCUT2D eigenvalue weighted by molar-refractivity contribution is -0.896. The molecule has 9 heteroatoms. The number of aryl methyl sites for hydroxylation is 1. The van der Waals surface area contributed by atoms with Gasteiger partial charge >= 0.3 is 6.09 Å². The Morgan fingerprint density at radius 2 is 1.63 bits per heavy atom. The number of pyridine rings is 1. The highest BCUT2D eigenvalue weighted by molar-refractivity contribution is 5.92. The fourth-order valence-electron chi connectivity index (χ4n) is 6.73. The van der Waals surface area contributed by atoms with Crippen LogP contribution in [0, 0.1) is 0 Å². The van der Waals surface area contributed by atoms with E-state index in [9.17, 15) is 19.8 Å². The molecule has 2 heterocycles. The molecule has 0 aliphatic carbocycles. The number of aliphatic hydroxyl groups is 1. The molecule has 0 saturated carbocycles. The number of aliphatic hydroxyl groups excluding tert-OH is 1. The molecule has 1 amide bonds. The van der Waals surface area contributed by atoms with Gasteiger partial charge in [-0.25, -0.2) is 4.79 Å². The monoisotopic (exact) mass is 669 g/mol. The van der Waals surface area contributed by atoms with Gasteiger partial charge in [0.25, 0.3) is 0 Å². The van der Waals surface area contributed by atoms with E-state index in [0.29, 0.717) is 23.0 Å². The number of benzene rings is 3. The number of aromatic hydroxyl groups is 1. The Kier molecular flexibility index (Phi) is 12.9. The summed E-state index contributed by atoms with van der Waals surface area (Å²) in [5.74, 6) is -0.00647. The van der Waals surface area contributed by atoms with Crippen LogP contribution >= 0.6 is 0 Å². The van der Waals surface area contributed by atoms with Crippen LogP contribution in [0.1, 0.15) is 75.0 Å². The second-order valence-corrected chi connectivity index (χ2v) is 14.1. The second kappa shape index (κ2) is 17.5. The first-order valence-electron chi connectivity index (χ1n) is 17.9. The third-order valence-corrected chi connectivity index (χ3v) is 9.71. The molecule has 49 heavy (non-hydrogen) atoms. The number of phenolic OH excluding ortho intramolecular Hbond substituents is 1. The number of fused-ring (bicyclic) bond motifs is 1. The van der Waals surface area contributed by atoms with E-state index in [1.165, 1.54) is 37.0 Å². The van der Waals surface area contributed by atoms with Gasteiger partial charge in [0.2, 0.25) is 5.56 Å². The van der Waals surface area contributed by atoms with Crippen LogP contribution in [-0.2, 0) is 11.2 Å². The summed E-state index contributed by atoms with van der Waals surface area (Å²) in [6.07, 6.45) is 9.61. The number of aromatic amines is 1. The average molecular weight is 670 g/mol. The van der Waals surface area contributed by atoms with Crippen molar-refractivity contribution in [3.63, 3.8) is 0 Å². The average Bonchev–Trinajstić information content (AvgIpc) is 3.09. The van der Waals surface area contributed by atoms with Crippen LogP contribution in [-0.4, -0.2) is 72.2 Å². The van der Waals surface area contributed by atoms with Gasteiger partial charge in [0.05, 0.1) is 44.5 Å². The smallest absolute Gasteiger partial charge is 0.411 e. The molecule has 1 aliphatic rings. The maximum absolute atomic E-state index is 13.0. The Balaban J connectivity index is 0.993. The van der Waals surface area contributed by atoms with Crippen LogP contribution in [0.15, 0.2) is 77.6 Å². The molecule has 0 bridgehead atoms. The van der Waals surface area contributed by atoms with Crippen molar-refractivity contribution in [2.75, 3.05) is 45.6 Å². The van der Waals surface area contributed by atoms with E-state index < -0.39 is 6.10 Å². The molecule has 1 saturated heterocycles. The number of aromatic nitrogens is 1. The first-order chi connectivity index (χ1) is 23.7. The van der Waals surface area contributed by atoms with Gasteiger partial charge in [0.15, 0.2) is 0 Å². The van der Waals surface area contributed by atoms with Crippen LogP contribution in [0.2, 0.25) is 0 Å². The molecule has 0 radical (unpaired) electrons. The van der Waals surface area contributed by atoms with Crippen molar-refractivity contribution in [2.24, 2.45) is 0 Å². The molecule has 0 unspecified atom stereocenters. The number of hydrogen-bond donors (Lipinski definition) is 5. The van der Waals surface area contributed by atoms with Crippen molar-refractivity contribution in [1.82, 2.24) is 10.3 Å². The standard InChI is InChI=1S/C40H52N4O5/c1-44(2)25-22-31(23-26-44)49-40(48)42-35-27-29(16-17-32(35)30-14-10-8-11-15-30)13-9-6-4-3-5-7-12-24-41-28-37(46)33-18-20-36(45)39-34(33)19-21-38(47)43-39/h8,10-11,14-21,27,31,37,41,46H,3-7,9,12-13,22-26,28H2,1-2H3,(H2-,42,43,45,47,48)/p+1/t37-/m0/s1. The normalized spacial score (nSPS) is 15.2. The van der Waals surface area contributed by atoms with Crippen molar-refractivity contribution in [2.45, 2.75) is 76.4 Å². The predicted molar refractivity (Wildman–Crippen MR) is 197 cm³/mol. The Morgan fingerprint density at radius 3 is 2.39 bits per heavy atom. The summed E-state index contributed by atoms with van der Waals surface area (Å²) < 4.78 is 6.82. The highest BCUT2D eigenvalue weighted by Crippen LogP contribution is 2.31. The van der Waals surface area contributed by atoms with E-state index in [0.717, 1.165) is 85.9 Å². The third-order valence-electron chi connectivity index (χ3n) is 9.71. The number of carbonyl (C=O) groups excluding carboxylic acids is 1. The van der Waals surface area contributed by atoms with Gasteiger partial charge in [-0.2, -0.15) is 0 Å². The van der Waals surface area contributed by atoms with Crippen LogP contribution in [0.5, 0.6) is 5.75 Å². The zero-order valence-corrected chi connectivity index (χ0v) is 29.0. The number of amides is 1. The van der Waals surface area contributed by atoms with E-state index in [4.69, 9.17) is 4.74 Å². The van der Waals surface area contributed by atoms with Crippen molar-refractivity contribution >= 4 is 22.7 Å². The molecule has 1 fully saturated rings. The van der Waals surface area contributed by atoms with Crippen molar-refractivity contribution < 1.29 is 24.2 Å². The summed E-state index contributed by atoms with van der Waals surface area (Å²) in [5, 5.41) is 27.8. The molecular formula is C40H53N4O5+. The number of quaternary nitrogens is 1. The summed E-state index contributed by atoms with van der Waals surface area (Å²) in [5.41, 5.74) is 4.82. The van der Waals surface area contributed by atoms with E-state index in [2.05, 4.69) is 60.0 Å². The summed E-state index contributed by atoms with van der Waals surface area (Å²) in [4.78, 5) is 27.2. The summed E-state index contributed by atoms with van der Waals surface area (Å²) in [6.45, 7) is 3.25. The molecule has 9 nitrogen and oxygen atoms in total. The van der Waals surface area contributed by atoms with E-state index in [1.54, 1.807) is 12.1 Å². The summed E-state index contributed by atoms with van der Waals surface area (Å²) >= 11 is 0. The van der Waals surface area contributed by atoms with Crippen molar-refractivity contribution in [1.29, 1.82) is 0 Å². The summed E-state index contributed by atoms with van der Waals surface area (Å²) in [6, 6.07) is 22.8. The Labute approximate surface area is 289 Å². The van der Waals surface area contributed by atoms with E-state index in [-0.39, 0.29) is 23.5 Å². The number of nitrogens with zero attached hydrogens (tertiary/aromatic N) is 1. The largest absolute Gasteiger partial charge is 0.506 e. The first-order valence-corrected chi connectivity index (χ1v) is 17.9. The SMILES string of the molecule is C[N+]1(C)CCC(OC(=O)Nc2cc(CCCCCCCCCNC[C@H](O)c3ccc(O)c4[nH]c(=O)ccc34)ccc2-c2ccccc2)CC1. The molecule has 262 valence electrons. The van der Waals surface area contributed by atoms with Crippen molar-refractivity contribution in [3.05, 3.63) is 94.3 Å². The maximum atomic E-state index is 13.0. The lowest BCUT2D eigenvalue weighted by Gasteiger charge is -2.36. The quantitative estimate of drug-likeness (QED) is 0.0631. The minimum absolute atomic E-state index is 0.00647. The van der Waals surface area contributed by atoms with Gasteiger partial charge in [-0.3, -0.25) is 10.1 Å². The van der Waals surface area contributed by atoms with Gasteiger partial charge in [-0.15, -0.1) is 0 Å².